The van der Waals surface area contributed by atoms with Crippen LogP contribution in [0, 0.1) is 6.92 Å². The summed E-state index contributed by atoms with van der Waals surface area (Å²) in [4.78, 5) is 12.1. The number of aromatic amines is 1. The number of benzene rings is 2. The number of aryl methyl sites for hydroxylation is 1. The molecule has 3 aromatic rings. The first kappa shape index (κ1) is 16.4. The van der Waals surface area contributed by atoms with Crippen molar-refractivity contribution < 1.29 is 9.53 Å². The van der Waals surface area contributed by atoms with Crippen LogP contribution >= 0.6 is 0 Å². The van der Waals surface area contributed by atoms with Gasteiger partial charge in [0.1, 0.15) is 5.75 Å². The fourth-order valence-corrected chi connectivity index (χ4v) is 2.31. The molecule has 1 heterocycles. The molecule has 2 aromatic carbocycles. The number of nitrogens with zero attached hydrogens (tertiary/aromatic N) is 2. The number of ether oxygens (including phenoxy) is 1. The lowest BCUT2D eigenvalue weighted by molar-refractivity contribution is 0.0955. The maximum Gasteiger partial charge on any atom is 0.271 e. The molecular weight excluding hydrogens is 316 g/mol. The molecule has 0 aliphatic heterocycles. The number of rotatable bonds is 5. The van der Waals surface area contributed by atoms with Crippen molar-refractivity contribution in [3.8, 4) is 17.0 Å². The summed E-state index contributed by atoms with van der Waals surface area (Å²) in [7, 11) is 1.58. The number of methoxy groups -OCH3 is 1. The number of H-pyrrole nitrogens is 1. The van der Waals surface area contributed by atoms with Crippen LogP contribution in [0.15, 0.2) is 59.8 Å². The van der Waals surface area contributed by atoms with Gasteiger partial charge < -0.3 is 4.74 Å². The largest absolute Gasteiger partial charge is 0.497 e. The van der Waals surface area contributed by atoms with Crippen LogP contribution in [0.3, 0.4) is 0 Å². The maximum absolute atomic E-state index is 12.1. The fourth-order valence-electron chi connectivity index (χ4n) is 2.31. The van der Waals surface area contributed by atoms with Crippen LogP contribution in [-0.4, -0.2) is 29.4 Å². The summed E-state index contributed by atoms with van der Waals surface area (Å²) in [5.41, 5.74) is 6.85. The summed E-state index contributed by atoms with van der Waals surface area (Å²) in [6.07, 6.45) is 3.23. The highest BCUT2D eigenvalue weighted by atomic mass is 16.5. The molecule has 0 fully saturated rings. The first-order valence-corrected chi connectivity index (χ1v) is 7.75. The van der Waals surface area contributed by atoms with Gasteiger partial charge in [-0.05, 0) is 31.2 Å². The monoisotopic (exact) mass is 334 g/mol. The summed E-state index contributed by atoms with van der Waals surface area (Å²) in [6.45, 7) is 2.04. The van der Waals surface area contributed by atoms with E-state index in [2.05, 4.69) is 20.7 Å². The third kappa shape index (κ3) is 3.92. The second kappa shape index (κ2) is 7.44. The summed E-state index contributed by atoms with van der Waals surface area (Å²) < 4.78 is 5.07. The third-order valence-corrected chi connectivity index (χ3v) is 3.73. The van der Waals surface area contributed by atoms with Crippen LogP contribution in [0.25, 0.3) is 11.3 Å². The Balaban J connectivity index is 1.69. The number of carbonyl (C=O) groups is 1. The van der Waals surface area contributed by atoms with Crippen molar-refractivity contribution >= 4 is 12.1 Å². The smallest absolute Gasteiger partial charge is 0.271 e. The number of hydrazone groups is 1. The van der Waals surface area contributed by atoms with Crippen molar-refractivity contribution in [2.75, 3.05) is 7.11 Å². The Kier molecular flexibility index (Phi) is 4.89. The molecule has 25 heavy (non-hydrogen) atoms. The quantitative estimate of drug-likeness (QED) is 0.556. The van der Waals surface area contributed by atoms with E-state index in [-0.39, 0.29) is 5.91 Å². The van der Waals surface area contributed by atoms with Gasteiger partial charge in [-0.3, -0.25) is 9.89 Å². The van der Waals surface area contributed by atoms with E-state index >= 15 is 0 Å². The molecule has 0 aliphatic carbocycles. The average Bonchev–Trinajstić information content (AvgIpc) is 3.11. The predicted octanol–water partition coefficient (Wildman–Crippen LogP) is 3.16. The number of nitrogens with one attached hydrogen (secondary N) is 2. The van der Waals surface area contributed by atoms with Crippen molar-refractivity contribution in [2.24, 2.45) is 5.10 Å². The van der Waals surface area contributed by atoms with Gasteiger partial charge in [-0.25, -0.2) is 5.43 Å². The zero-order valence-corrected chi connectivity index (χ0v) is 14.0. The second-order valence-corrected chi connectivity index (χ2v) is 5.49. The molecule has 6 heteroatoms. The SMILES string of the molecule is COc1ccc(C(=O)N/N=C\c2cn[nH]c2-c2ccc(C)cc2)cc1. The first-order chi connectivity index (χ1) is 12.2. The number of carbonyl (C=O) groups excluding carboxylic acids is 1. The minimum Gasteiger partial charge on any atom is -0.497 e. The van der Waals surface area contributed by atoms with Gasteiger partial charge in [0.25, 0.3) is 5.91 Å². The number of amides is 1. The van der Waals surface area contributed by atoms with Gasteiger partial charge >= 0.3 is 0 Å². The highest BCUT2D eigenvalue weighted by Gasteiger charge is 2.07. The standard InChI is InChI=1S/C19H18N4O2/c1-13-3-5-14(6-4-13)18-16(11-20-22-18)12-21-23-19(24)15-7-9-17(25-2)10-8-15/h3-12H,1-2H3,(H,20,22)(H,23,24)/b21-12-. The van der Waals surface area contributed by atoms with E-state index in [0.717, 1.165) is 16.8 Å². The molecule has 0 radical (unpaired) electrons. The second-order valence-electron chi connectivity index (χ2n) is 5.49. The first-order valence-electron chi connectivity index (χ1n) is 7.75. The normalized spacial score (nSPS) is 10.8. The fraction of sp³-hybridized carbons (Fsp3) is 0.105. The summed E-state index contributed by atoms with van der Waals surface area (Å²) in [6, 6.07) is 14.9. The molecule has 0 bridgehead atoms. The van der Waals surface area contributed by atoms with E-state index in [1.807, 2.05) is 31.2 Å². The van der Waals surface area contributed by atoms with Crippen molar-refractivity contribution in [2.45, 2.75) is 6.92 Å². The lowest BCUT2D eigenvalue weighted by atomic mass is 10.1. The third-order valence-electron chi connectivity index (χ3n) is 3.73. The Morgan fingerprint density at radius 2 is 1.88 bits per heavy atom. The van der Waals surface area contributed by atoms with Crippen LogP contribution in [0.1, 0.15) is 21.5 Å². The van der Waals surface area contributed by atoms with Gasteiger partial charge in [0, 0.05) is 16.7 Å². The summed E-state index contributed by atoms with van der Waals surface area (Å²) in [5, 5.41) is 11.0. The summed E-state index contributed by atoms with van der Waals surface area (Å²) >= 11 is 0. The molecule has 0 aliphatic rings. The van der Waals surface area contributed by atoms with Crippen molar-refractivity contribution in [1.82, 2.24) is 15.6 Å². The van der Waals surface area contributed by atoms with E-state index in [4.69, 9.17) is 4.74 Å². The van der Waals surface area contributed by atoms with Crippen LogP contribution in [-0.2, 0) is 0 Å². The predicted molar refractivity (Wildman–Crippen MR) is 96.8 cm³/mol. The van der Waals surface area contributed by atoms with Crippen LogP contribution < -0.4 is 10.2 Å². The number of hydrogen-bond donors (Lipinski definition) is 2. The molecule has 0 atom stereocenters. The Morgan fingerprint density at radius 1 is 1.16 bits per heavy atom. The molecule has 1 amide bonds. The molecule has 126 valence electrons. The highest BCUT2D eigenvalue weighted by molar-refractivity contribution is 5.95. The maximum atomic E-state index is 12.1. The molecule has 3 rings (SSSR count). The molecular formula is C19H18N4O2. The minimum atomic E-state index is -0.292. The van der Waals surface area contributed by atoms with Crippen molar-refractivity contribution in [1.29, 1.82) is 0 Å². The molecule has 0 saturated carbocycles. The molecule has 1 aromatic heterocycles. The van der Waals surface area contributed by atoms with Crippen LogP contribution in [0.5, 0.6) is 5.75 Å². The van der Waals surface area contributed by atoms with Gasteiger partial charge in [-0.15, -0.1) is 0 Å². The Labute approximate surface area is 145 Å². The minimum absolute atomic E-state index is 0.292. The zero-order chi connectivity index (χ0) is 17.6. The van der Waals surface area contributed by atoms with Gasteiger partial charge in [-0.2, -0.15) is 10.2 Å². The molecule has 2 N–H and O–H groups in total. The van der Waals surface area contributed by atoms with Gasteiger partial charge in [0.05, 0.1) is 25.2 Å². The molecule has 0 spiro atoms. The molecule has 6 nitrogen and oxygen atoms in total. The van der Waals surface area contributed by atoms with E-state index < -0.39 is 0 Å². The number of aromatic nitrogens is 2. The van der Waals surface area contributed by atoms with Crippen LogP contribution in [0.4, 0.5) is 0 Å². The highest BCUT2D eigenvalue weighted by Crippen LogP contribution is 2.20. The van der Waals surface area contributed by atoms with E-state index in [1.165, 1.54) is 5.56 Å². The lowest BCUT2D eigenvalue weighted by Gasteiger charge is -2.02. The molecule has 0 saturated heterocycles. The van der Waals surface area contributed by atoms with Crippen molar-refractivity contribution in [3.63, 3.8) is 0 Å². The van der Waals surface area contributed by atoms with Gasteiger partial charge in [-0.1, -0.05) is 29.8 Å². The van der Waals surface area contributed by atoms with Gasteiger partial charge in [0.15, 0.2) is 0 Å². The van der Waals surface area contributed by atoms with Crippen molar-refractivity contribution in [3.05, 3.63) is 71.4 Å². The van der Waals surface area contributed by atoms with Crippen LogP contribution in [0.2, 0.25) is 0 Å². The Bertz CT molecular complexity index is 881. The Hall–Kier alpha value is -3.41. The van der Waals surface area contributed by atoms with Gasteiger partial charge in [0.2, 0.25) is 0 Å². The van der Waals surface area contributed by atoms with E-state index in [0.29, 0.717) is 11.3 Å². The lowest BCUT2D eigenvalue weighted by Crippen LogP contribution is -2.17. The number of hydrogen-bond acceptors (Lipinski definition) is 4. The topological polar surface area (TPSA) is 79.4 Å². The zero-order valence-electron chi connectivity index (χ0n) is 14.0. The van der Waals surface area contributed by atoms with E-state index in [9.17, 15) is 4.79 Å². The average molecular weight is 334 g/mol. The summed E-state index contributed by atoms with van der Waals surface area (Å²) in [5.74, 6) is 0.403. The van der Waals surface area contributed by atoms with E-state index in [1.54, 1.807) is 43.8 Å². The molecule has 0 unspecified atom stereocenters. The Morgan fingerprint density at radius 3 is 2.56 bits per heavy atom.